The van der Waals surface area contributed by atoms with E-state index < -0.39 is 5.91 Å². The van der Waals surface area contributed by atoms with E-state index in [2.05, 4.69) is 21.4 Å². The molecule has 33 heavy (non-hydrogen) atoms. The number of hydrogen-bond acceptors (Lipinski definition) is 5. The van der Waals surface area contributed by atoms with Crippen LogP contribution in [0.5, 0.6) is 5.75 Å². The van der Waals surface area contributed by atoms with Crippen LogP contribution in [0.4, 0.5) is 0 Å². The molecule has 1 N–H and O–H groups in total. The zero-order chi connectivity index (χ0) is 23.4. The van der Waals surface area contributed by atoms with Gasteiger partial charge in [-0.1, -0.05) is 59.8 Å². The van der Waals surface area contributed by atoms with Crippen molar-refractivity contribution in [3.05, 3.63) is 104 Å². The Morgan fingerprint density at radius 2 is 1.85 bits per heavy atom. The molecule has 166 valence electrons. The summed E-state index contributed by atoms with van der Waals surface area (Å²) in [6.45, 7) is 0.398. The summed E-state index contributed by atoms with van der Waals surface area (Å²) in [5, 5.41) is 1.77. The van der Waals surface area contributed by atoms with Crippen molar-refractivity contribution in [2.75, 3.05) is 0 Å². The fraction of sp³-hybridized carbons (Fsp3) is 0.0417. The van der Waals surface area contributed by atoms with E-state index in [9.17, 15) is 9.59 Å². The third kappa shape index (κ3) is 5.83. The summed E-state index contributed by atoms with van der Waals surface area (Å²) < 4.78 is 6.88. The number of nitrogens with one attached hydrogen (secondary N) is 1. The molecule has 1 saturated heterocycles. The second-order valence-corrected chi connectivity index (χ2v) is 9.90. The minimum atomic E-state index is -0.405. The van der Waals surface area contributed by atoms with Gasteiger partial charge in [-0.3, -0.25) is 15.0 Å². The number of amides is 2. The number of thiocarbonyl (C=S) groups is 1. The van der Waals surface area contributed by atoms with Gasteiger partial charge in [0.25, 0.3) is 11.8 Å². The van der Waals surface area contributed by atoms with Gasteiger partial charge in [0, 0.05) is 10.6 Å². The van der Waals surface area contributed by atoms with Gasteiger partial charge >= 0.3 is 0 Å². The van der Waals surface area contributed by atoms with Crippen LogP contribution in [0.15, 0.2) is 82.2 Å². The van der Waals surface area contributed by atoms with Crippen molar-refractivity contribution >= 4 is 73.7 Å². The van der Waals surface area contributed by atoms with Crippen LogP contribution in [0.3, 0.4) is 0 Å². The number of halogens is 2. The molecule has 0 bridgehead atoms. The summed E-state index contributed by atoms with van der Waals surface area (Å²) in [5.74, 6) is -0.115. The molecule has 1 fully saturated rings. The Labute approximate surface area is 213 Å². The van der Waals surface area contributed by atoms with Crippen LogP contribution in [-0.4, -0.2) is 21.1 Å². The normalized spacial score (nSPS) is 14.6. The molecule has 3 aromatic rings. The third-order valence-corrected chi connectivity index (χ3v) is 6.78. The summed E-state index contributed by atoms with van der Waals surface area (Å²) in [5.41, 5.74) is 4.79. The number of carbonyl (C=O) groups is 2. The number of rotatable bonds is 6. The smallest absolute Gasteiger partial charge is 0.285 e. The molecule has 4 rings (SSSR count). The molecule has 0 unspecified atom stereocenters. The molecule has 0 saturated carbocycles. The number of hydrazine groups is 1. The zero-order valence-corrected chi connectivity index (χ0v) is 20.9. The molecule has 0 atom stereocenters. The van der Waals surface area contributed by atoms with Crippen molar-refractivity contribution in [1.82, 2.24) is 10.4 Å². The topological polar surface area (TPSA) is 58.6 Å². The van der Waals surface area contributed by atoms with Gasteiger partial charge in [0.1, 0.15) is 12.4 Å². The molecule has 0 aliphatic carbocycles. The fourth-order valence-electron chi connectivity index (χ4n) is 2.94. The van der Waals surface area contributed by atoms with E-state index >= 15 is 0 Å². The van der Waals surface area contributed by atoms with Gasteiger partial charge < -0.3 is 4.74 Å². The number of nitrogens with zero attached hydrogens (tertiary/aromatic N) is 1. The lowest BCUT2D eigenvalue weighted by atomic mass is 10.2. The monoisotopic (exact) mass is 558 g/mol. The van der Waals surface area contributed by atoms with E-state index in [4.69, 9.17) is 28.6 Å². The average molecular weight is 560 g/mol. The third-order valence-electron chi connectivity index (χ3n) is 4.60. The lowest BCUT2D eigenvalue weighted by Gasteiger charge is -2.15. The van der Waals surface area contributed by atoms with Crippen LogP contribution < -0.4 is 10.2 Å². The summed E-state index contributed by atoms with van der Waals surface area (Å²) >= 11 is 15.8. The van der Waals surface area contributed by atoms with Crippen LogP contribution in [0, 0.1) is 0 Å². The minimum Gasteiger partial charge on any atom is -0.488 e. The Balaban J connectivity index is 1.43. The Hall–Kier alpha value is -2.65. The van der Waals surface area contributed by atoms with E-state index in [0.29, 0.717) is 27.8 Å². The molecule has 0 radical (unpaired) electrons. The second kappa shape index (κ2) is 10.5. The summed E-state index contributed by atoms with van der Waals surface area (Å²) in [6, 6.07) is 21.6. The quantitative estimate of drug-likeness (QED) is 0.287. The van der Waals surface area contributed by atoms with Crippen LogP contribution in [-0.2, 0) is 11.4 Å². The molecule has 1 aliphatic rings. The first kappa shape index (κ1) is 23.5. The Bertz CT molecular complexity index is 1250. The lowest BCUT2D eigenvalue weighted by Crippen LogP contribution is -2.44. The van der Waals surface area contributed by atoms with E-state index in [1.54, 1.807) is 30.3 Å². The summed E-state index contributed by atoms with van der Waals surface area (Å²) in [4.78, 5) is 25.6. The first-order valence-corrected chi connectivity index (χ1v) is 12.1. The fourth-order valence-corrected chi connectivity index (χ4v) is 4.75. The predicted octanol–water partition coefficient (Wildman–Crippen LogP) is 6.23. The van der Waals surface area contributed by atoms with Crippen molar-refractivity contribution in [2.24, 2.45) is 0 Å². The lowest BCUT2D eigenvalue weighted by molar-refractivity contribution is -0.123. The van der Waals surface area contributed by atoms with Gasteiger partial charge in [-0.05, 0) is 81.7 Å². The van der Waals surface area contributed by atoms with Crippen molar-refractivity contribution in [2.45, 2.75) is 6.61 Å². The largest absolute Gasteiger partial charge is 0.488 e. The van der Waals surface area contributed by atoms with Gasteiger partial charge in [0.15, 0.2) is 4.32 Å². The Morgan fingerprint density at radius 1 is 1.12 bits per heavy atom. The van der Waals surface area contributed by atoms with Gasteiger partial charge in [0.05, 0.1) is 9.38 Å². The standard InChI is InChI=1S/C24H16BrClN2O3S2/c25-19-12-16(8-11-20(19)31-14-15-6-9-18(26)10-7-15)13-21-23(30)28(24(32)33-21)27-22(29)17-4-2-1-3-5-17/h1-13H,14H2,(H,27,29). The first-order chi connectivity index (χ1) is 15.9. The van der Waals surface area contributed by atoms with Crippen LogP contribution in [0.25, 0.3) is 6.08 Å². The molecule has 0 spiro atoms. The molecule has 1 aliphatic heterocycles. The van der Waals surface area contributed by atoms with Crippen LogP contribution in [0.2, 0.25) is 5.02 Å². The molecule has 1 heterocycles. The summed E-state index contributed by atoms with van der Waals surface area (Å²) in [6.07, 6.45) is 1.72. The van der Waals surface area contributed by atoms with Crippen molar-refractivity contribution in [1.29, 1.82) is 0 Å². The maximum Gasteiger partial charge on any atom is 0.285 e. The van der Waals surface area contributed by atoms with Gasteiger partial charge in [-0.2, -0.15) is 5.01 Å². The number of hydrogen-bond donors (Lipinski definition) is 1. The van der Waals surface area contributed by atoms with Crippen molar-refractivity contribution < 1.29 is 14.3 Å². The molecular formula is C24H16BrClN2O3S2. The number of benzene rings is 3. The first-order valence-electron chi connectivity index (χ1n) is 9.71. The highest BCUT2D eigenvalue weighted by Crippen LogP contribution is 2.33. The maximum atomic E-state index is 12.8. The average Bonchev–Trinajstić information content (AvgIpc) is 3.07. The number of carbonyl (C=O) groups excluding carboxylic acids is 2. The minimum absolute atomic E-state index is 0.262. The van der Waals surface area contributed by atoms with Gasteiger partial charge in [0.2, 0.25) is 0 Å². The molecular weight excluding hydrogens is 544 g/mol. The van der Waals surface area contributed by atoms with Gasteiger partial charge in [-0.15, -0.1) is 0 Å². The van der Waals surface area contributed by atoms with Gasteiger partial charge in [-0.25, -0.2) is 0 Å². The van der Waals surface area contributed by atoms with Crippen LogP contribution in [0.1, 0.15) is 21.5 Å². The molecule has 2 amide bonds. The number of thioether (sulfide) groups is 1. The van der Waals surface area contributed by atoms with E-state index in [0.717, 1.165) is 32.4 Å². The van der Waals surface area contributed by atoms with E-state index in [1.165, 1.54) is 0 Å². The Kier molecular flexibility index (Phi) is 7.49. The SMILES string of the molecule is O=C(NN1C(=O)C(=Cc2ccc(OCc3ccc(Cl)cc3)c(Br)c2)SC1=S)c1ccccc1. The second-order valence-electron chi connectivity index (χ2n) is 6.93. The zero-order valence-electron chi connectivity index (χ0n) is 17.0. The summed E-state index contributed by atoms with van der Waals surface area (Å²) in [7, 11) is 0. The highest BCUT2D eigenvalue weighted by molar-refractivity contribution is 9.10. The molecule has 5 nitrogen and oxygen atoms in total. The van der Waals surface area contributed by atoms with Crippen LogP contribution >= 0.6 is 51.5 Å². The highest BCUT2D eigenvalue weighted by Gasteiger charge is 2.33. The molecule has 3 aromatic carbocycles. The predicted molar refractivity (Wildman–Crippen MR) is 139 cm³/mol. The van der Waals surface area contributed by atoms with Crippen molar-refractivity contribution in [3.8, 4) is 5.75 Å². The van der Waals surface area contributed by atoms with E-state index in [-0.39, 0.29) is 10.2 Å². The molecule has 0 aromatic heterocycles. The number of ether oxygens (including phenoxy) is 1. The Morgan fingerprint density at radius 3 is 2.55 bits per heavy atom. The van der Waals surface area contributed by atoms with Crippen molar-refractivity contribution in [3.63, 3.8) is 0 Å². The molecule has 9 heteroatoms. The highest BCUT2D eigenvalue weighted by atomic mass is 79.9. The maximum absolute atomic E-state index is 12.8. The van der Waals surface area contributed by atoms with E-state index in [1.807, 2.05) is 48.5 Å².